The fourth-order valence-corrected chi connectivity index (χ4v) is 3.37. The topological polar surface area (TPSA) is 29.3 Å². The van der Waals surface area contributed by atoms with Crippen LogP contribution in [0.3, 0.4) is 0 Å². The Hall–Kier alpha value is -1.30. The maximum atomic E-state index is 13.9. The highest BCUT2D eigenvalue weighted by molar-refractivity contribution is 14.1. The van der Waals surface area contributed by atoms with Gasteiger partial charge < -0.3 is 10.6 Å². The van der Waals surface area contributed by atoms with Gasteiger partial charge in [0.2, 0.25) is 0 Å². The number of hydrogen-bond donors (Lipinski definition) is 1. The first-order valence-electron chi connectivity index (χ1n) is 6.73. The van der Waals surface area contributed by atoms with Gasteiger partial charge in [-0.15, -0.1) is 0 Å². The second-order valence-electron chi connectivity index (χ2n) is 5.09. The molecule has 1 fully saturated rings. The van der Waals surface area contributed by atoms with Crippen LogP contribution in [-0.4, -0.2) is 6.54 Å². The van der Waals surface area contributed by atoms with Gasteiger partial charge in [-0.2, -0.15) is 0 Å². The van der Waals surface area contributed by atoms with Crippen molar-refractivity contribution in [3.8, 4) is 0 Å². The van der Waals surface area contributed by atoms with Crippen LogP contribution in [0.25, 0.3) is 0 Å². The van der Waals surface area contributed by atoms with Crippen LogP contribution in [0, 0.1) is 9.39 Å². The minimum absolute atomic E-state index is 0.200. The van der Waals surface area contributed by atoms with E-state index >= 15 is 0 Å². The summed E-state index contributed by atoms with van der Waals surface area (Å²) in [6.45, 7) is 0.920. The van der Waals surface area contributed by atoms with Crippen molar-refractivity contribution >= 4 is 34.0 Å². The van der Waals surface area contributed by atoms with E-state index in [-0.39, 0.29) is 11.9 Å². The molecule has 0 amide bonds. The van der Waals surface area contributed by atoms with Crippen molar-refractivity contribution in [3.63, 3.8) is 0 Å². The van der Waals surface area contributed by atoms with Gasteiger partial charge in [0.1, 0.15) is 5.82 Å². The Kier molecular flexibility index (Phi) is 3.83. The molecule has 0 radical (unpaired) electrons. The lowest BCUT2D eigenvalue weighted by Gasteiger charge is -2.28. The molecule has 0 saturated carbocycles. The molecule has 1 saturated heterocycles. The maximum Gasteiger partial charge on any atom is 0.138 e. The molecule has 0 aliphatic carbocycles. The number of nitrogens with two attached hydrogens (primary N) is 1. The predicted octanol–water partition coefficient (Wildman–Crippen LogP) is 4.35. The number of hydrogen-bond acceptors (Lipinski definition) is 2. The Labute approximate surface area is 131 Å². The molecule has 104 valence electrons. The molecule has 1 heterocycles. The summed E-state index contributed by atoms with van der Waals surface area (Å²) in [5.41, 5.74) is 8.83. The van der Waals surface area contributed by atoms with Crippen LogP contribution in [0.15, 0.2) is 42.5 Å². The zero-order valence-corrected chi connectivity index (χ0v) is 13.2. The van der Waals surface area contributed by atoms with Crippen LogP contribution in [0.1, 0.15) is 24.4 Å². The maximum absolute atomic E-state index is 13.9. The van der Waals surface area contributed by atoms with E-state index in [1.807, 2.05) is 40.8 Å². The highest BCUT2D eigenvalue weighted by Crippen LogP contribution is 2.39. The summed E-state index contributed by atoms with van der Waals surface area (Å²) in [6.07, 6.45) is 2.18. The predicted molar refractivity (Wildman–Crippen MR) is 89.3 cm³/mol. The van der Waals surface area contributed by atoms with Crippen LogP contribution < -0.4 is 10.6 Å². The van der Waals surface area contributed by atoms with E-state index in [4.69, 9.17) is 5.73 Å². The van der Waals surface area contributed by atoms with Crippen LogP contribution in [0.4, 0.5) is 15.8 Å². The van der Waals surface area contributed by atoms with Gasteiger partial charge in [0.15, 0.2) is 0 Å². The summed E-state index contributed by atoms with van der Waals surface area (Å²) in [5, 5.41) is 0. The van der Waals surface area contributed by atoms with Crippen LogP contribution >= 0.6 is 22.6 Å². The summed E-state index contributed by atoms with van der Waals surface area (Å²) in [5.74, 6) is -0.200. The average molecular weight is 382 g/mol. The molecule has 2 aromatic rings. The SMILES string of the molecule is Nc1cc(I)c(F)cc1N1CCCC1c1ccccc1. The minimum atomic E-state index is -0.200. The molecule has 2 N–H and O–H groups in total. The number of nitrogens with zero attached hydrogens (tertiary/aromatic N) is 1. The van der Waals surface area contributed by atoms with Crippen molar-refractivity contribution in [1.82, 2.24) is 0 Å². The van der Waals surface area contributed by atoms with Gasteiger partial charge in [-0.05, 0) is 47.1 Å². The molecule has 0 bridgehead atoms. The molecule has 0 aromatic heterocycles. The molecule has 1 unspecified atom stereocenters. The van der Waals surface area contributed by atoms with Crippen LogP contribution in [-0.2, 0) is 0 Å². The first kappa shape index (κ1) is 13.7. The first-order chi connectivity index (χ1) is 9.66. The zero-order chi connectivity index (χ0) is 14.1. The van der Waals surface area contributed by atoms with E-state index in [9.17, 15) is 4.39 Å². The molecule has 4 heteroatoms. The van der Waals surface area contributed by atoms with Gasteiger partial charge in [-0.1, -0.05) is 30.3 Å². The second-order valence-corrected chi connectivity index (χ2v) is 6.25. The van der Waals surface area contributed by atoms with Crippen molar-refractivity contribution < 1.29 is 4.39 Å². The molecule has 0 spiro atoms. The molecule has 1 atom stereocenters. The van der Waals surface area contributed by atoms with E-state index < -0.39 is 0 Å². The van der Waals surface area contributed by atoms with Crippen molar-refractivity contribution in [1.29, 1.82) is 0 Å². The van der Waals surface area contributed by atoms with Crippen molar-refractivity contribution in [2.45, 2.75) is 18.9 Å². The standard InChI is InChI=1S/C16H16FIN2/c17-12-9-16(14(19)10-13(12)18)20-8-4-7-15(20)11-5-2-1-3-6-11/h1-3,5-6,9-10,15H,4,7-8,19H2. The van der Waals surface area contributed by atoms with Gasteiger partial charge in [0, 0.05) is 12.6 Å². The summed E-state index contributed by atoms with van der Waals surface area (Å²) in [4.78, 5) is 2.23. The number of benzene rings is 2. The third-order valence-corrected chi connectivity index (χ3v) is 4.64. The fraction of sp³-hybridized carbons (Fsp3) is 0.250. The van der Waals surface area contributed by atoms with Crippen LogP contribution in [0.2, 0.25) is 0 Å². The Balaban J connectivity index is 1.99. The molecular formula is C16H16FIN2. The van der Waals surface area contributed by atoms with Gasteiger partial charge in [0.25, 0.3) is 0 Å². The van der Waals surface area contributed by atoms with Crippen molar-refractivity contribution in [2.24, 2.45) is 0 Å². The lowest BCUT2D eigenvalue weighted by atomic mass is 10.0. The Morgan fingerprint density at radius 1 is 1.20 bits per heavy atom. The second kappa shape index (κ2) is 5.60. The fourth-order valence-electron chi connectivity index (χ4n) is 2.88. The van der Waals surface area contributed by atoms with Gasteiger partial charge in [0.05, 0.1) is 21.0 Å². The number of rotatable bonds is 2. The lowest BCUT2D eigenvalue weighted by molar-refractivity contribution is 0.618. The summed E-state index contributed by atoms with van der Waals surface area (Å²) < 4.78 is 14.4. The monoisotopic (exact) mass is 382 g/mol. The minimum Gasteiger partial charge on any atom is -0.397 e. The largest absolute Gasteiger partial charge is 0.397 e. The third-order valence-electron chi connectivity index (χ3n) is 3.82. The summed E-state index contributed by atoms with van der Waals surface area (Å²) in [7, 11) is 0. The smallest absolute Gasteiger partial charge is 0.138 e. The Morgan fingerprint density at radius 3 is 2.70 bits per heavy atom. The van der Waals surface area contributed by atoms with Crippen molar-refractivity contribution in [2.75, 3.05) is 17.2 Å². The lowest BCUT2D eigenvalue weighted by Crippen LogP contribution is -2.23. The van der Waals surface area contributed by atoms with Gasteiger partial charge >= 0.3 is 0 Å². The molecular weight excluding hydrogens is 366 g/mol. The normalized spacial score (nSPS) is 18.5. The third kappa shape index (κ3) is 2.49. The van der Waals surface area contributed by atoms with Crippen LogP contribution in [0.5, 0.6) is 0 Å². The quantitative estimate of drug-likeness (QED) is 0.618. The zero-order valence-electron chi connectivity index (χ0n) is 11.0. The number of nitrogen functional groups attached to an aromatic ring is 1. The van der Waals surface area contributed by atoms with Crippen molar-refractivity contribution in [3.05, 3.63) is 57.4 Å². The van der Waals surface area contributed by atoms with E-state index in [2.05, 4.69) is 17.0 Å². The molecule has 20 heavy (non-hydrogen) atoms. The number of halogens is 2. The molecule has 3 rings (SSSR count). The molecule has 2 aromatic carbocycles. The number of anilines is 2. The summed E-state index contributed by atoms with van der Waals surface area (Å²) >= 11 is 1.97. The molecule has 1 aliphatic heterocycles. The van der Waals surface area contributed by atoms with E-state index in [1.54, 1.807) is 12.1 Å². The van der Waals surface area contributed by atoms with Gasteiger partial charge in [-0.3, -0.25) is 0 Å². The summed E-state index contributed by atoms with van der Waals surface area (Å²) in [6, 6.07) is 13.9. The van der Waals surface area contributed by atoms with E-state index in [0.717, 1.165) is 25.1 Å². The van der Waals surface area contributed by atoms with E-state index in [1.165, 1.54) is 5.56 Å². The first-order valence-corrected chi connectivity index (χ1v) is 7.81. The average Bonchev–Trinajstić information content (AvgIpc) is 2.93. The highest BCUT2D eigenvalue weighted by atomic mass is 127. The van der Waals surface area contributed by atoms with Gasteiger partial charge in [-0.25, -0.2) is 4.39 Å². The molecule has 2 nitrogen and oxygen atoms in total. The molecule has 1 aliphatic rings. The Bertz CT molecular complexity index is 615. The van der Waals surface area contributed by atoms with E-state index in [0.29, 0.717) is 9.26 Å². The highest BCUT2D eigenvalue weighted by Gasteiger charge is 2.27. The Morgan fingerprint density at radius 2 is 1.95 bits per heavy atom.